The molecule has 0 fully saturated rings. The molecular formula is C24H23N2O3+. The van der Waals surface area contributed by atoms with Crippen molar-refractivity contribution in [2.75, 3.05) is 7.11 Å². The minimum absolute atomic E-state index is 0.142. The first kappa shape index (κ1) is 18.9. The molecule has 2 aromatic carbocycles. The van der Waals surface area contributed by atoms with Crippen LogP contribution in [0.2, 0.25) is 0 Å². The summed E-state index contributed by atoms with van der Waals surface area (Å²) >= 11 is 0. The Kier molecular flexibility index (Phi) is 5.38. The fraction of sp³-hybridized carbons (Fsp3) is 0.208. The second-order valence-electron chi connectivity index (χ2n) is 6.94. The number of hydrogen-bond donors (Lipinski definition) is 0. The van der Waals surface area contributed by atoms with E-state index in [9.17, 15) is 4.79 Å². The lowest BCUT2D eigenvalue weighted by atomic mass is 10.0. The summed E-state index contributed by atoms with van der Waals surface area (Å²) in [4.78, 5) is 17.4. The fourth-order valence-electron chi connectivity index (χ4n) is 3.64. The van der Waals surface area contributed by atoms with E-state index < -0.39 is 0 Å². The largest absolute Gasteiger partial charge is 0.493 e. The number of aliphatic imine (C=N–C) groups is 1. The summed E-state index contributed by atoms with van der Waals surface area (Å²) in [5.41, 5.74) is 4.22. The highest BCUT2D eigenvalue weighted by molar-refractivity contribution is 5.97. The molecule has 1 heterocycles. The molecule has 0 bridgehead atoms. The lowest BCUT2D eigenvalue weighted by Crippen LogP contribution is -2.19. The third-order valence-corrected chi connectivity index (χ3v) is 5.17. The third-order valence-electron chi connectivity index (χ3n) is 5.17. The number of nitrogens with zero attached hydrogens (tertiary/aromatic N) is 2. The maximum absolute atomic E-state index is 13.3. The summed E-state index contributed by atoms with van der Waals surface area (Å²) in [6.45, 7) is 4.03. The molecule has 0 aromatic heterocycles. The van der Waals surface area contributed by atoms with E-state index >= 15 is 0 Å². The molecule has 0 atom stereocenters. The van der Waals surface area contributed by atoms with Gasteiger partial charge in [0.05, 0.1) is 19.2 Å². The number of benzene rings is 2. The highest BCUT2D eigenvalue weighted by Crippen LogP contribution is 2.37. The Morgan fingerprint density at radius 1 is 1.21 bits per heavy atom. The van der Waals surface area contributed by atoms with E-state index in [-0.39, 0.29) is 5.91 Å². The van der Waals surface area contributed by atoms with Crippen molar-refractivity contribution in [1.82, 2.24) is 0 Å². The molecule has 5 nitrogen and oxygen atoms in total. The van der Waals surface area contributed by atoms with Crippen LogP contribution in [0.25, 0.3) is 0 Å². The van der Waals surface area contributed by atoms with Crippen LogP contribution < -0.4 is 9.47 Å². The lowest BCUT2D eigenvalue weighted by Gasteiger charge is -2.13. The summed E-state index contributed by atoms with van der Waals surface area (Å²) in [5.74, 6) is 0.874. The highest BCUT2D eigenvalue weighted by Gasteiger charge is 2.34. The van der Waals surface area contributed by atoms with Crippen molar-refractivity contribution in [2.24, 2.45) is 4.99 Å². The zero-order valence-corrected chi connectivity index (χ0v) is 16.4. The van der Waals surface area contributed by atoms with Crippen LogP contribution in [0.4, 0.5) is 5.69 Å². The highest BCUT2D eigenvalue weighted by atomic mass is 16.5. The zero-order chi connectivity index (χ0) is 20.2. The van der Waals surface area contributed by atoms with Gasteiger partial charge in [0.15, 0.2) is 17.7 Å². The van der Waals surface area contributed by atoms with E-state index in [0.29, 0.717) is 29.4 Å². The van der Waals surface area contributed by atoms with Crippen molar-refractivity contribution in [3.05, 3.63) is 77.0 Å². The molecule has 0 saturated carbocycles. The second-order valence-corrected chi connectivity index (χ2v) is 6.94. The van der Waals surface area contributed by atoms with Gasteiger partial charge < -0.3 is 9.47 Å². The minimum atomic E-state index is -0.142. The molecule has 4 rings (SSSR count). The van der Waals surface area contributed by atoms with Gasteiger partial charge in [-0.15, -0.1) is 4.58 Å². The van der Waals surface area contributed by atoms with Crippen LogP contribution >= 0.6 is 0 Å². The Hall–Kier alpha value is -3.47. The molecule has 29 heavy (non-hydrogen) atoms. The fourth-order valence-corrected chi connectivity index (χ4v) is 3.64. The maximum Gasteiger partial charge on any atom is 0.427 e. The summed E-state index contributed by atoms with van der Waals surface area (Å²) in [6.07, 6.45) is 8.88. The van der Waals surface area contributed by atoms with Crippen LogP contribution in [-0.2, 0) is 6.61 Å². The van der Waals surface area contributed by atoms with E-state index in [4.69, 9.17) is 9.47 Å². The van der Waals surface area contributed by atoms with Crippen molar-refractivity contribution in [3.63, 3.8) is 0 Å². The molecule has 0 N–H and O–H groups in total. The summed E-state index contributed by atoms with van der Waals surface area (Å²) in [5, 5.41) is 0. The summed E-state index contributed by atoms with van der Waals surface area (Å²) < 4.78 is 13.1. The van der Waals surface area contributed by atoms with Gasteiger partial charge in [-0.25, -0.2) is 4.79 Å². The van der Waals surface area contributed by atoms with Crippen LogP contribution in [0.15, 0.2) is 70.9 Å². The zero-order valence-electron chi connectivity index (χ0n) is 16.4. The van der Waals surface area contributed by atoms with Crippen LogP contribution in [0.3, 0.4) is 0 Å². The first-order valence-electron chi connectivity index (χ1n) is 9.62. The van der Waals surface area contributed by atoms with Crippen LogP contribution in [0.1, 0.15) is 35.2 Å². The Balaban J connectivity index is 1.64. The first-order chi connectivity index (χ1) is 14.2. The molecule has 1 aliphatic carbocycles. The number of methoxy groups -OCH3 is 1. The van der Waals surface area contributed by atoms with E-state index in [1.54, 1.807) is 23.8 Å². The molecule has 2 aliphatic rings. The van der Waals surface area contributed by atoms with Crippen molar-refractivity contribution in [3.8, 4) is 11.5 Å². The van der Waals surface area contributed by atoms with Crippen molar-refractivity contribution >= 4 is 24.5 Å². The van der Waals surface area contributed by atoms with Gasteiger partial charge in [0, 0.05) is 23.8 Å². The summed E-state index contributed by atoms with van der Waals surface area (Å²) in [7, 11) is 1.56. The van der Waals surface area contributed by atoms with Gasteiger partial charge in [0.2, 0.25) is 5.70 Å². The van der Waals surface area contributed by atoms with Crippen molar-refractivity contribution < 1.29 is 18.8 Å². The third kappa shape index (κ3) is 3.76. The van der Waals surface area contributed by atoms with E-state index in [1.807, 2.05) is 42.6 Å². The molecule has 0 spiro atoms. The number of amides is 1. The maximum atomic E-state index is 13.3. The van der Waals surface area contributed by atoms with Crippen molar-refractivity contribution in [2.45, 2.75) is 25.9 Å². The average molecular weight is 387 g/mol. The van der Waals surface area contributed by atoms with E-state index in [1.165, 1.54) is 5.57 Å². The van der Waals surface area contributed by atoms with Gasteiger partial charge in [0.1, 0.15) is 12.2 Å². The molecule has 1 aliphatic heterocycles. The predicted octanol–water partition coefficient (Wildman–Crippen LogP) is 4.84. The molecule has 0 radical (unpaired) electrons. The van der Waals surface area contributed by atoms with Gasteiger partial charge in [-0.2, -0.15) is 0 Å². The summed E-state index contributed by atoms with van der Waals surface area (Å²) in [6, 6.07) is 13.3. The molecule has 1 amide bonds. The Morgan fingerprint density at radius 2 is 2.03 bits per heavy atom. The number of rotatable bonds is 6. The number of allylic oxidation sites excluding steroid dienone is 3. The van der Waals surface area contributed by atoms with Gasteiger partial charge in [-0.1, -0.05) is 36.4 Å². The minimum Gasteiger partial charge on any atom is -0.493 e. The molecule has 0 saturated heterocycles. The van der Waals surface area contributed by atoms with Gasteiger partial charge in [-0.05, 0) is 25.1 Å². The number of hydrogen-bond acceptors (Lipinski definition) is 4. The topological polar surface area (TPSA) is 50.9 Å². The van der Waals surface area contributed by atoms with Crippen LogP contribution in [0.5, 0.6) is 11.5 Å². The molecular weight excluding hydrogens is 364 g/mol. The van der Waals surface area contributed by atoms with E-state index in [0.717, 1.165) is 30.5 Å². The molecule has 5 heteroatoms. The van der Waals surface area contributed by atoms with Gasteiger partial charge >= 0.3 is 5.91 Å². The quantitative estimate of drug-likeness (QED) is 0.527. The molecule has 146 valence electrons. The normalized spacial score (nSPS) is 15.0. The predicted molar refractivity (Wildman–Crippen MR) is 114 cm³/mol. The number of ether oxygens (including phenoxy) is 2. The van der Waals surface area contributed by atoms with Gasteiger partial charge in [0.25, 0.3) is 0 Å². The smallest absolute Gasteiger partial charge is 0.427 e. The van der Waals surface area contributed by atoms with Crippen LogP contribution in [-0.4, -0.2) is 30.5 Å². The SMILES string of the molecule is C=Nc1cc(OCc2ccccc2)c(OC)cc1C(=O)[N+]1=CCC2=C1C=CCC2. The molecule has 2 aromatic rings. The Labute approximate surface area is 170 Å². The van der Waals surface area contributed by atoms with E-state index in [2.05, 4.69) is 17.8 Å². The first-order valence-corrected chi connectivity index (χ1v) is 9.62. The lowest BCUT2D eigenvalue weighted by molar-refractivity contribution is -0.360. The standard InChI is InChI=1S/C24H23N2O3/c1-25-20-15-23(29-16-17-8-4-3-5-9-17)22(28-2)14-19(20)24(27)26-13-12-18-10-6-7-11-21(18)26/h3-5,7-9,11,13-15H,1,6,10,12,16H2,2H3/q+1. The monoisotopic (exact) mass is 387 g/mol. The number of carbonyl (C=O) groups excluding carboxylic acids is 1. The second kappa shape index (κ2) is 8.27. The Bertz CT molecular complexity index is 1050. The Morgan fingerprint density at radius 3 is 2.79 bits per heavy atom. The van der Waals surface area contributed by atoms with Gasteiger partial charge in [-0.3, -0.25) is 4.99 Å². The average Bonchev–Trinajstić information content (AvgIpc) is 3.21. The van der Waals surface area contributed by atoms with Crippen LogP contribution in [0, 0.1) is 0 Å². The number of carbonyl (C=O) groups is 1. The van der Waals surface area contributed by atoms with Crippen molar-refractivity contribution in [1.29, 1.82) is 0 Å². The molecule has 0 unspecified atom stereocenters.